The van der Waals surface area contributed by atoms with Crippen LogP contribution in [-0.4, -0.2) is 16.2 Å². The van der Waals surface area contributed by atoms with E-state index in [4.69, 9.17) is 0 Å². The third-order valence-corrected chi connectivity index (χ3v) is 2.63. The van der Waals surface area contributed by atoms with Gasteiger partial charge >= 0.3 is 5.69 Å². The Morgan fingerprint density at radius 2 is 2.00 bits per heavy atom. The smallest absolute Gasteiger partial charge is 0.311 e. The fourth-order valence-corrected chi connectivity index (χ4v) is 1.62. The highest BCUT2D eigenvalue weighted by atomic mass is 16.6. The quantitative estimate of drug-likeness (QED) is 0.496. The van der Waals surface area contributed by atoms with Gasteiger partial charge in [0, 0.05) is 11.6 Å². The van der Waals surface area contributed by atoms with Crippen molar-refractivity contribution in [1.82, 2.24) is 5.43 Å². The molecule has 0 aliphatic carbocycles. The summed E-state index contributed by atoms with van der Waals surface area (Å²) >= 11 is 0. The summed E-state index contributed by atoms with van der Waals surface area (Å²) in [6.07, 6.45) is 1.47. The molecule has 2 aromatic carbocycles. The molecule has 0 radical (unpaired) electrons. The van der Waals surface area contributed by atoms with Crippen LogP contribution < -0.4 is 5.43 Å². The molecular weight excluding hydrogens is 258 g/mol. The number of phenols is 1. The highest BCUT2D eigenvalue weighted by Crippen LogP contribution is 2.25. The van der Waals surface area contributed by atoms with Gasteiger partial charge in [-0.15, -0.1) is 0 Å². The molecule has 6 nitrogen and oxygen atoms in total. The number of phenolic OH excluding ortho intramolecular Hbond substituents is 1. The Labute approximate surface area is 115 Å². The first kappa shape index (κ1) is 13.5. The van der Waals surface area contributed by atoms with Crippen LogP contribution in [0.5, 0.6) is 5.75 Å². The third-order valence-electron chi connectivity index (χ3n) is 2.63. The van der Waals surface area contributed by atoms with Crippen molar-refractivity contribution in [3.8, 4) is 5.75 Å². The second-order valence-corrected chi connectivity index (χ2v) is 4.08. The molecule has 6 heteroatoms. The summed E-state index contributed by atoms with van der Waals surface area (Å²) in [7, 11) is 0. The first-order chi connectivity index (χ1) is 9.66. The molecular formula is C14H13N3O3. The predicted octanol–water partition coefficient (Wildman–Crippen LogP) is 2.42. The number of nitro groups is 1. The predicted molar refractivity (Wildman–Crippen MR) is 75.6 cm³/mol. The van der Waals surface area contributed by atoms with E-state index in [-0.39, 0.29) is 11.4 Å². The second-order valence-electron chi connectivity index (χ2n) is 4.08. The maximum absolute atomic E-state index is 10.7. The Morgan fingerprint density at radius 3 is 2.70 bits per heavy atom. The number of hydrogen-bond donors (Lipinski definition) is 2. The fourth-order valence-electron chi connectivity index (χ4n) is 1.62. The number of rotatable bonds is 5. The summed E-state index contributed by atoms with van der Waals surface area (Å²) in [5.74, 6) is -0.357. The molecule has 0 heterocycles. The minimum Gasteiger partial charge on any atom is -0.502 e. The Morgan fingerprint density at radius 1 is 1.25 bits per heavy atom. The van der Waals surface area contributed by atoms with Crippen molar-refractivity contribution >= 4 is 11.9 Å². The number of nitro benzene ring substituents is 1. The van der Waals surface area contributed by atoms with Gasteiger partial charge in [-0.25, -0.2) is 0 Å². The lowest BCUT2D eigenvalue weighted by atomic mass is 10.2. The number of aromatic hydroxyl groups is 1. The van der Waals surface area contributed by atoms with Gasteiger partial charge in [-0.05, 0) is 17.7 Å². The molecule has 0 saturated carbocycles. The molecule has 0 fully saturated rings. The first-order valence-corrected chi connectivity index (χ1v) is 5.94. The van der Waals surface area contributed by atoms with E-state index in [0.717, 1.165) is 5.56 Å². The van der Waals surface area contributed by atoms with Gasteiger partial charge < -0.3 is 10.5 Å². The molecule has 0 aliphatic heterocycles. The van der Waals surface area contributed by atoms with Gasteiger partial charge in [0.15, 0.2) is 5.75 Å². The molecule has 0 aromatic heterocycles. The molecule has 0 unspecified atom stereocenters. The molecule has 0 amide bonds. The van der Waals surface area contributed by atoms with Crippen molar-refractivity contribution in [1.29, 1.82) is 0 Å². The van der Waals surface area contributed by atoms with Gasteiger partial charge in [-0.2, -0.15) is 5.10 Å². The highest BCUT2D eigenvalue weighted by Gasteiger charge is 2.12. The third kappa shape index (κ3) is 3.55. The van der Waals surface area contributed by atoms with Crippen LogP contribution in [0, 0.1) is 10.1 Å². The summed E-state index contributed by atoms with van der Waals surface area (Å²) in [4.78, 5) is 10.0. The maximum Gasteiger partial charge on any atom is 0.311 e. The van der Waals surface area contributed by atoms with Crippen molar-refractivity contribution in [2.45, 2.75) is 6.54 Å². The largest absolute Gasteiger partial charge is 0.502 e. The number of nitrogens with zero attached hydrogens (tertiary/aromatic N) is 2. The minimum atomic E-state index is -0.635. The van der Waals surface area contributed by atoms with E-state index in [1.165, 1.54) is 18.3 Å². The number of hydrogen-bond acceptors (Lipinski definition) is 5. The average Bonchev–Trinajstić information content (AvgIpc) is 2.46. The van der Waals surface area contributed by atoms with Crippen molar-refractivity contribution in [3.05, 3.63) is 69.8 Å². The van der Waals surface area contributed by atoms with Gasteiger partial charge in [-0.1, -0.05) is 30.3 Å². The maximum atomic E-state index is 10.7. The summed E-state index contributed by atoms with van der Waals surface area (Å²) < 4.78 is 0. The molecule has 2 N–H and O–H groups in total. The van der Waals surface area contributed by atoms with Crippen LogP contribution in [0.2, 0.25) is 0 Å². The van der Waals surface area contributed by atoms with Crippen molar-refractivity contribution < 1.29 is 10.0 Å². The van der Waals surface area contributed by atoms with Crippen LogP contribution in [0.25, 0.3) is 0 Å². The average molecular weight is 271 g/mol. The lowest BCUT2D eigenvalue weighted by Crippen LogP contribution is -2.05. The van der Waals surface area contributed by atoms with Gasteiger partial charge in [0.25, 0.3) is 0 Å². The van der Waals surface area contributed by atoms with Crippen LogP contribution in [0.4, 0.5) is 5.69 Å². The van der Waals surface area contributed by atoms with Crippen LogP contribution in [0.3, 0.4) is 0 Å². The SMILES string of the molecule is O=[N+]([O-])c1cc(C=NNCc2ccccc2)ccc1O. The molecule has 20 heavy (non-hydrogen) atoms. The summed E-state index contributed by atoms with van der Waals surface area (Å²) in [6, 6.07) is 13.8. The Hall–Kier alpha value is -2.89. The number of hydrazone groups is 1. The molecule has 0 saturated heterocycles. The van der Waals surface area contributed by atoms with Gasteiger partial charge in [-0.3, -0.25) is 10.1 Å². The standard InChI is InChI=1S/C14H13N3O3/c18-14-7-6-12(8-13(14)17(19)20)10-16-15-9-11-4-2-1-3-5-11/h1-8,10,15,18H,9H2. The monoisotopic (exact) mass is 271 g/mol. The summed E-state index contributed by atoms with van der Waals surface area (Å²) in [5, 5.41) is 24.0. The van der Waals surface area contributed by atoms with E-state index in [2.05, 4.69) is 10.5 Å². The second kappa shape index (κ2) is 6.33. The van der Waals surface area contributed by atoms with Crippen LogP contribution in [0.15, 0.2) is 53.6 Å². The van der Waals surface area contributed by atoms with E-state index in [0.29, 0.717) is 12.1 Å². The van der Waals surface area contributed by atoms with Crippen molar-refractivity contribution in [2.75, 3.05) is 0 Å². The number of nitrogens with one attached hydrogen (secondary N) is 1. The van der Waals surface area contributed by atoms with E-state index >= 15 is 0 Å². The van der Waals surface area contributed by atoms with E-state index in [1.807, 2.05) is 30.3 Å². The fraction of sp³-hybridized carbons (Fsp3) is 0.0714. The minimum absolute atomic E-state index is 0.336. The van der Waals surface area contributed by atoms with Crippen molar-refractivity contribution in [2.24, 2.45) is 5.10 Å². The number of benzene rings is 2. The molecule has 2 aromatic rings. The summed E-state index contributed by atoms with van der Waals surface area (Å²) in [5.41, 5.74) is 4.14. The van der Waals surface area contributed by atoms with Crippen LogP contribution >= 0.6 is 0 Å². The Kier molecular flexibility index (Phi) is 4.28. The zero-order valence-electron chi connectivity index (χ0n) is 10.6. The van der Waals surface area contributed by atoms with Gasteiger partial charge in [0.1, 0.15) is 0 Å². The normalized spacial score (nSPS) is 10.6. The Bertz CT molecular complexity index is 627. The van der Waals surface area contributed by atoms with Gasteiger partial charge in [0.2, 0.25) is 0 Å². The zero-order valence-corrected chi connectivity index (χ0v) is 10.6. The van der Waals surface area contributed by atoms with E-state index in [1.54, 1.807) is 6.07 Å². The molecule has 102 valence electrons. The molecule has 2 rings (SSSR count). The van der Waals surface area contributed by atoms with Crippen LogP contribution in [-0.2, 0) is 6.54 Å². The molecule has 0 bridgehead atoms. The molecule has 0 aliphatic rings. The van der Waals surface area contributed by atoms with Crippen molar-refractivity contribution in [3.63, 3.8) is 0 Å². The van der Waals surface area contributed by atoms with Gasteiger partial charge in [0.05, 0.1) is 17.7 Å². The molecule has 0 spiro atoms. The topological polar surface area (TPSA) is 87.8 Å². The highest BCUT2D eigenvalue weighted by molar-refractivity contribution is 5.81. The Balaban J connectivity index is 1.98. The first-order valence-electron chi connectivity index (χ1n) is 5.94. The lowest BCUT2D eigenvalue weighted by Gasteiger charge is -2.00. The van der Waals surface area contributed by atoms with E-state index < -0.39 is 4.92 Å². The zero-order chi connectivity index (χ0) is 14.4. The molecule has 0 atom stereocenters. The summed E-state index contributed by atoms with van der Waals surface area (Å²) in [6.45, 7) is 0.567. The van der Waals surface area contributed by atoms with E-state index in [9.17, 15) is 15.2 Å². The lowest BCUT2D eigenvalue weighted by molar-refractivity contribution is -0.385. The van der Waals surface area contributed by atoms with Crippen LogP contribution in [0.1, 0.15) is 11.1 Å².